The quantitative estimate of drug-likeness (QED) is 0.480. The van der Waals surface area contributed by atoms with Gasteiger partial charge in [0.25, 0.3) is 0 Å². The molecule has 2 heteroatoms. The average Bonchev–Trinajstić information content (AvgIpc) is 3.02. The normalized spacial score (nSPS) is 36.1. The van der Waals surface area contributed by atoms with Crippen LogP contribution >= 0.6 is 0 Å². The summed E-state index contributed by atoms with van der Waals surface area (Å²) >= 11 is 0. The van der Waals surface area contributed by atoms with E-state index in [0.29, 0.717) is 0 Å². The molecule has 2 unspecified atom stereocenters. The zero-order chi connectivity index (χ0) is 11.7. The fourth-order valence-electron chi connectivity index (χ4n) is 4.36. The summed E-state index contributed by atoms with van der Waals surface area (Å²) in [5.41, 5.74) is 2.64. The van der Waals surface area contributed by atoms with Gasteiger partial charge in [0.2, 0.25) is 0 Å². The van der Waals surface area contributed by atoms with Crippen molar-refractivity contribution in [2.75, 3.05) is 0 Å². The molecule has 0 aromatic heterocycles. The van der Waals surface area contributed by atoms with Gasteiger partial charge in [0.05, 0.1) is 0 Å². The van der Waals surface area contributed by atoms with E-state index < -0.39 is 0 Å². The third kappa shape index (κ3) is 1.31. The van der Waals surface area contributed by atoms with Crippen molar-refractivity contribution in [3.63, 3.8) is 0 Å². The van der Waals surface area contributed by atoms with Crippen LogP contribution in [0.1, 0.15) is 43.7 Å². The Morgan fingerprint density at radius 1 is 1.33 bits per heavy atom. The monoisotopic (exact) mass is 250 g/mol. The van der Waals surface area contributed by atoms with E-state index in [4.69, 9.17) is 0 Å². The molecule has 88 valence electrons. The molecule has 3 aliphatic rings. The van der Waals surface area contributed by atoms with Gasteiger partial charge in [0, 0.05) is 5.56 Å². The van der Waals surface area contributed by atoms with E-state index in [9.17, 15) is 4.39 Å². The molecule has 1 aromatic rings. The molecule has 0 spiro atoms. The number of halogens is 1. The molecule has 2 atom stereocenters. The smallest absolute Gasteiger partial charge is 0.306 e. The van der Waals surface area contributed by atoms with Gasteiger partial charge in [0.15, 0.2) is 0 Å². The Morgan fingerprint density at radius 2 is 2.17 bits per heavy atom. The molecular formula is C16H16FNa. The van der Waals surface area contributed by atoms with Gasteiger partial charge in [-0.05, 0) is 23.5 Å². The van der Waals surface area contributed by atoms with Crippen molar-refractivity contribution in [1.82, 2.24) is 0 Å². The minimum absolute atomic E-state index is 0. The Bertz CT molecular complexity index is 536. The van der Waals surface area contributed by atoms with Gasteiger partial charge < -0.3 is 5.92 Å². The summed E-state index contributed by atoms with van der Waals surface area (Å²) in [6.07, 6.45) is 9.25. The predicted octanol–water partition coefficient (Wildman–Crippen LogP) is 1.26. The number of rotatable bonds is 0. The van der Waals surface area contributed by atoms with Crippen molar-refractivity contribution in [2.45, 2.75) is 38.0 Å². The number of hydrogen-bond acceptors (Lipinski definition) is 0. The van der Waals surface area contributed by atoms with E-state index in [2.05, 4.69) is 19.1 Å². The minimum Gasteiger partial charge on any atom is -0.306 e. The first kappa shape index (κ1) is 12.9. The van der Waals surface area contributed by atoms with Crippen molar-refractivity contribution < 1.29 is 33.9 Å². The van der Waals surface area contributed by atoms with Gasteiger partial charge in [-0.15, -0.1) is 11.5 Å². The van der Waals surface area contributed by atoms with E-state index in [-0.39, 0.29) is 46.2 Å². The first-order valence-corrected chi connectivity index (χ1v) is 6.51. The van der Waals surface area contributed by atoms with Gasteiger partial charge >= 0.3 is 29.6 Å². The summed E-state index contributed by atoms with van der Waals surface area (Å²) in [7, 11) is 0. The molecule has 1 aromatic carbocycles. The van der Waals surface area contributed by atoms with E-state index in [1.165, 1.54) is 31.2 Å². The van der Waals surface area contributed by atoms with Crippen LogP contribution in [0.25, 0.3) is 6.08 Å². The summed E-state index contributed by atoms with van der Waals surface area (Å²) < 4.78 is 13.9. The summed E-state index contributed by atoms with van der Waals surface area (Å²) in [4.78, 5) is 0. The molecule has 0 amide bonds. The average molecular weight is 250 g/mol. The van der Waals surface area contributed by atoms with E-state index >= 15 is 0 Å². The topological polar surface area (TPSA) is 0 Å². The fourth-order valence-corrected chi connectivity index (χ4v) is 4.36. The van der Waals surface area contributed by atoms with Gasteiger partial charge in [-0.2, -0.15) is 13.3 Å². The van der Waals surface area contributed by atoms with Crippen molar-refractivity contribution in [3.05, 3.63) is 47.1 Å². The molecule has 0 saturated heterocycles. The molecule has 18 heavy (non-hydrogen) atoms. The molecule has 0 radical (unpaired) electrons. The van der Waals surface area contributed by atoms with Crippen LogP contribution in [0.5, 0.6) is 0 Å². The molecule has 0 N–H and O–H groups in total. The van der Waals surface area contributed by atoms with E-state index in [0.717, 1.165) is 5.56 Å². The van der Waals surface area contributed by atoms with Crippen LogP contribution < -0.4 is 29.6 Å². The number of fused-ring (bicyclic) bond motifs is 1. The van der Waals surface area contributed by atoms with Crippen molar-refractivity contribution >= 4 is 6.08 Å². The van der Waals surface area contributed by atoms with Crippen LogP contribution in [-0.2, 0) is 5.41 Å². The molecule has 0 bridgehead atoms. The number of allylic oxidation sites excluding steroid dienone is 1. The van der Waals surface area contributed by atoms with Crippen LogP contribution in [0.4, 0.5) is 4.39 Å². The van der Waals surface area contributed by atoms with Gasteiger partial charge in [-0.1, -0.05) is 31.1 Å². The first-order chi connectivity index (χ1) is 8.20. The molecule has 0 nitrogen and oxygen atoms in total. The Balaban J connectivity index is 0.000001000. The molecule has 0 heterocycles. The number of benzene rings is 1. The second-order valence-corrected chi connectivity index (χ2v) is 5.90. The zero-order valence-electron chi connectivity index (χ0n) is 11.1. The van der Waals surface area contributed by atoms with Crippen LogP contribution in [0.3, 0.4) is 0 Å². The first-order valence-electron chi connectivity index (χ1n) is 6.51. The van der Waals surface area contributed by atoms with Crippen molar-refractivity contribution in [3.8, 4) is 0 Å². The van der Waals surface area contributed by atoms with Crippen molar-refractivity contribution in [2.24, 2.45) is 5.41 Å². The maximum absolute atomic E-state index is 13.9. The largest absolute Gasteiger partial charge is 1.00 e. The molecule has 3 aliphatic carbocycles. The van der Waals surface area contributed by atoms with E-state index in [1.54, 1.807) is 12.0 Å². The second-order valence-electron chi connectivity index (χ2n) is 5.90. The summed E-state index contributed by atoms with van der Waals surface area (Å²) in [6.45, 7) is 2.29. The zero-order valence-corrected chi connectivity index (χ0v) is 13.1. The SMILES string of the molecule is C[C-]1CCCC23CC12C=Cc1c(F)cccc13.[Na+]. The van der Waals surface area contributed by atoms with Gasteiger partial charge in [-0.3, -0.25) is 0 Å². The van der Waals surface area contributed by atoms with Gasteiger partial charge in [0.1, 0.15) is 5.82 Å². The number of hydrogen-bond donors (Lipinski definition) is 0. The third-order valence-electron chi connectivity index (χ3n) is 5.33. The van der Waals surface area contributed by atoms with E-state index in [1.807, 2.05) is 12.1 Å². The predicted molar refractivity (Wildman–Crippen MR) is 66.9 cm³/mol. The molecule has 2 fully saturated rings. The maximum atomic E-state index is 13.9. The van der Waals surface area contributed by atoms with Crippen LogP contribution in [0, 0.1) is 17.2 Å². The Morgan fingerprint density at radius 3 is 3.00 bits per heavy atom. The summed E-state index contributed by atoms with van der Waals surface area (Å²) in [6, 6.07) is 5.59. The Hall–Kier alpha value is -0.110. The molecular weight excluding hydrogens is 234 g/mol. The minimum atomic E-state index is -0.0585. The molecule has 4 rings (SSSR count). The summed E-state index contributed by atoms with van der Waals surface area (Å²) in [5.74, 6) is 1.55. The third-order valence-corrected chi connectivity index (χ3v) is 5.33. The molecule has 2 saturated carbocycles. The molecule has 0 aliphatic heterocycles. The standard InChI is InChI=1S/C16H16F.Na/c1-11-4-3-8-16-10-15(11,16)9-7-12-13(16)5-2-6-14(12)17;/h2,5-7,9H,3-4,8,10H2,1H3;/q-1;+1. The van der Waals surface area contributed by atoms with Crippen molar-refractivity contribution in [1.29, 1.82) is 0 Å². The Kier molecular flexibility index (Phi) is 2.83. The van der Waals surface area contributed by atoms with Gasteiger partial charge in [-0.25, -0.2) is 4.39 Å². The Labute approximate surface area is 130 Å². The second kappa shape index (κ2) is 3.94. The fraction of sp³-hybridized carbons (Fsp3) is 0.438. The summed E-state index contributed by atoms with van der Waals surface area (Å²) in [5, 5.41) is 0. The van der Waals surface area contributed by atoms with Crippen LogP contribution in [0.15, 0.2) is 24.3 Å². The maximum Gasteiger partial charge on any atom is 1.00 e. The van der Waals surface area contributed by atoms with Crippen LogP contribution in [0.2, 0.25) is 0 Å². The van der Waals surface area contributed by atoms with Crippen LogP contribution in [-0.4, -0.2) is 0 Å².